The minimum atomic E-state index is 0.886. The van der Waals surface area contributed by atoms with E-state index in [4.69, 9.17) is 4.98 Å². The number of rotatable bonds is 3. The fraction of sp³-hybridized carbons (Fsp3) is 0. The van der Waals surface area contributed by atoms with Gasteiger partial charge >= 0.3 is 0 Å². The predicted molar refractivity (Wildman–Crippen MR) is 134 cm³/mol. The Kier molecular flexibility index (Phi) is 3.95. The van der Waals surface area contributed by atoms with Crippen LogP contribution >= 0.6 is 11.3 Å². The van der Waals surface area contributed by atoms with E-state index in [0.717, 1.165) is 54.7 Å². The summed E-state index contributed by atoms with van der Waals surface area (Å²) >= 11 is 1.60. The summed E-state index contributed by atoms with van der Waals surface area (Å²) < 4.78 is 4.46. The van der Waals surface area contributed by atoms with Crippen molar-refractivity contribution in [3.8, 4) is 26.8 Å². The number of para-hydroxylation sites is 5. The molecule has 0 unspecified atom stereocenters. The first-order valence-electron chi connectivity index (χ1n) is 10.7. The Hall–Kier alpha value is -4.29. The average molecular weight is 444 g/mol. The van der Waals surface area contributed by atoms with Crippen LogP contribution in [-0.2, 0) is 0 Å². The van der Waals surface area contributed by atoms with Gasteiger partial charge in [-0.2, -0.15) is 0 Å². The highest BCUT2D eigenvalue weighted by Crippen LogP contribution is 2.36. The lowest BCUT2D eigenvalue weighted by molar-refractivity contribution is 1.08. The van der Waals surface area contributed by atoms with Crippen molar-refractivity contribution in [1.82, 2.24) is 24.1 Å². The van der Waals surface area contributed by atoms with Gasteiger partial charge in [-0.15, -0.1) is 10.2 Å². The second kappa shape index (κ2) is 7.12. The molecule has 4 aromatic carbocycles. The fourth-order valence-corrected chi connectivity index (χ4v) is 5.35. The van der Waals surface area contributed by atoms with E-state index in [2.05, 4.69) is 92.0 Å². The second-order valence-corrected chi connectivity index (χ2v) is 8.83. The normalized spacial score (nSPS) is 11.6. The molecule has 0 fully saturated rings. The van der Waals surface area contributed by atoms with Gasteiger partial charge in [-0.25, -0.2) is 4.98 Å². The van der Waals surface area contributed by atoms with Gasteiger partial charge in [0.1, 0.15) is 10.0 Å². The molecule has 33 heavy (non-hydrogen) atoms. The van der Waals surface area contributed by atoms with Crippen LogP contribution in [0.3, 0.4) is 0 Å². The molecule has 0 aliphatic heterocycles. The summed E-state index contributed by atoms with van der Waals surface area (Å²) in [6, 6.07) is 35.2. The summed E-state index contributed by atoms with van der Waals surface area (Å²) in [6.07, 6.45) is 0. The standard InChI is InChI=1S/C27H17N5S/c1-2-10-18(11-3-1)25-29-30-26(33-25)19-12-4-6-14-21(19)31-23-16-8-9-17-24(23)32-22-15-7-5-13-20(22)28-27(31)32/h1-17H. The molecule has 0 aliphatic carbocycles. The van der Waals surface area contributed by atoms with Crippen molar-refractivity contribution in [2.24, 2.45) is 0 Å². The lowest BCUT2D eigenvalue weighted by atomic mass is 10.2. The maximum atomic E-state index is 5.01. The highest BCUT2D eigenvalue weighted by Gasteiger charge is 2.20. The summed E-state index contributed by atoms with van der Waals surface area (Å²) in [4.78, 5) is 5.01. The summed E-state index contributed by atoms with van der Waals surface area (Å²) in [5.41, 5.74) is 7.45. The smallest absolute Gasteiger partial charge is 0.220 e. The molecule has 0 aliphatic rings. The van der Waals surface area contributed by atoms with E-state index in [0.29, 0.717) is 0 Å². The zero-order valence-electron chi connectivity index (χ0n) is 17.5. The molecule has 0 saturated carbocycles. The fourth-order valence-electron chi connectivity index (χ4n) is 4.47. The highest BCUT2D eigenvalue weighted by molar-refractivity contribution is 7.18. The lowest BCUT2D eigenvalue weighted by Crippen LogP contribution is -1.98. The van der Waals surface area contributed by atoms with Gasteiger partial charge in [0.2, 0.25) is 5.78 Å². The van der Waals surface area contributed by atoms with Crippen molar-refractivity contribution in [3.05, 3.63) is 103 Å². The number of aromatic nitrogens is 5. The van der Waals surface area contributed by atoms with Crippen LogP contribution in [0.2, 0.25) is 0 Å². The number of fused-ring (bicyclic) bond motifs is 5. The molecule has 0 saturated heterocycles. The van der Waals surface area contributed by atoms with Gasteiger partial charge in [-0.05, 0) is 36.4 Å². The van der Waals surface area contributed by atoms with Crippen molar-refractivity contribution >= 4 is 39.2 Å². The van der Waals surface area contributed by atoms with Crippen LogP contribution in [0.25, 0.3) is 54.7 Å². The third-order valence-corrected chi connectivity index (χ3v) is 6.93. The molecular weight excluding hydrogens is 426 g/mol. The Morgan fingerprint density at radius 2 is 1.24 bits per heavy atom. The Morgan fingerprint density at radius 3 is 2.12 bits per heavy atom. The van der Waals surface area contributed by atoms with E-state index in [1.54, 1.807) is 11.3 Å². The minimum Gasteiger partial charge on any atom is -0.277 e. The third kappa shape index (κ3) is 2.74. The highest BCUT2D eigenvalue weighted by atomic mass is 32.1. The Bertz CT molecular complexity index is 1770. The number of nitrogens with zero attached hydrogens (tertiary/aromatic N) is 5. The number of hydrogen-bond acceptors (Lipinski definition) is 4. The van der Waals surface area contributed by atoms with E-state index < -0.39 is 0 Å². The van der Waals surface area contributed by atoms with Crippen LogP contribution in [0.5, 0.6) is 0 Å². The zero-order chi connectivity index (χ0) is 21.8. The van der Waals surface area contributed by atoms with Crippen LogP contribution < -0.4 is 0 Å². The molecule has 7 aromatic rings. The largest absolute Gasteiger partial charge is 0.277 e. The molecule has 5 nitrogen and oxygen atoms in total. The van der Waals surface area contributed by atoms with Crippen LogP contribution in [0.1, 0.15) is 0 Å². The van der Waals surface area contributed by atoms with Gasteiger partial charge in [0.25, 0.3) is 0 Å². The monoisotopic (exact) mass is 443 g/mol. The molecule has 0 N–H and O–H groups in total. The first kappa shape index (κ1) is 18.3. The second-order valence-electron chi connectivity index (χ2n) is 7.86. The third-order valence-electron chi connectivity index (χ3n) is 5.93. The molecule has 0 bridgehead atoms. The number of imidazole rings is 2. The average Bonchev–Trinajstić information content (AvgIpc) is 3.58. The molecule has 0 spiro atoms. The maximum absolute atomic E-state index is 5.01. The molecule has 3 aromatic heterocycles. The molecule has 0 amide bonds. The van der Waals surface area contributed by atoms with Gasteiger partial charge in [0, 0.05) is 11.1 Å². The van der Waals surface area contributed by atoms with Crippen LogP contribution in [0, 0.1) is 0 Å². The van der Waals surface area contributed by atoms with Crippen LogP contribution in [-0.4, -0.2) is 24.1 Å². The van der Waals surface area contributed by atoms with E-state index >= 15 is 0 Å². The van der Waals surface area contributed by atoms with Gasteiger partial charge < -0.3 is 0 Å². The van der Waals surface area contributed by atoms with E-state index in [1.807, 2.05) is 30.3 Å². The summed E-state index contributed by atoms with van der Waals surface area (Å²) in [7, 11) is 0. The number of benzene rings is 4. The topological polar surface area (TPSA) is 48.0 Å². The van der Waals surface area contributed by atoms with Crippen LogP contribution in [0.4, 0.5) is 0 Å². The van der Waals surface area contributed by atoms with Gasteiger partial charge in [0.15, 0.2) is 0 Å². The van der Waals surface area contributed by atoms with Crippen molar-refractivity contribution in [1.29, 1.82) is 0 Å². The number of hydrogen-bond donors (Lipinski definition) is 0. The maximum Gasteiger partial charge on any atom is 0.220 e. The van der Waals surface area contributed by atoms with Crippen molar-refractivity contribution in [2.75, 3.05) is 0 Å². The molecule has 0 atom stereocenters. The molecule has 7 rings (SSSR count). The van der Waals surface area contributed by atoms with Gasteiger partial charge in [-0.3, -0.25) is 8.97 Å². The van der Waals surface area contributed by atoms with Crippen molar-refractivity contribution < 1.29 is 0 Å². The molecule has 6 heteroatoms. The first-order valence-corrected chi connectivity index (χ1v) is 11.6. The lowest BCUT2D eigenvalue weighted by Gasteiger charge is -2.09. The molecule has 3 heterocycles. The van der Waals surface area contributed by atoms with Crippen LogP contribution in [0.15, 0.2) is 103 Å². The minimum absolute atomic E-state index is 0.886. The summed E-state index contributed by atoms with van der Waals surface area (Å²) in [5.74, 6) is 0.887. The molecule has 0 radical (unpaired) electrons. The Balaban J connectivity index is 1.51. The first-order chi connectivity index (χ1) is 16.4. The summed E-state index contributed by atoms with van der Waals surface area (Å²) in [6.45, 7) is 0. The van der Waals surface area contributed by atoms with E-state index in [1.165, 1.54) is 0 Å². The van der Waals surface area contributed by atoms with E-state index in [9.17, 15) is 0 Å². The molecular formula is C27H17N5S. The van der Waals surface area contributed by atoms with Gasteiger partial charge in [0.05, 0.1) is 27.8 Å². The quantitative estimate of drug-likeness (QED) is 0.308. The van der Waals surface area contributed by atoms with E-state index in [-0.39, 0.29) is 0 Å². The Labute approximate surface area is 193 Å². The zero-order valence-corrected chi connectivity index (χ0v) is 18.3. The Morgan fingerprint density at radius 1 is 0.576 bits per heavy atom. The predicted octanol–water partition coefficient (Wildman–Crippen LogP) is 6.62. The molecule has 156 valence electrons. The van der Waals surface area contributed by atoms with Crippen molar-refractivity contribution in [2.45, 2.75) is 0 Å². The van der Waals surface area contributed by atoms with Gasteiger partial charge in [-0.1, -0.05) is 78.1 Å². The summed E-state index contributed by atoms with van der Waals surface area (Å²) in [5, 5.41) is 10.8. The van der Waals surface area contributed by atoms with Crippen molar-refractivity contribution in [3.63, 3.8) is 0 Å². The SMILES string of the molecule is c1ccc(-c2nnc(-c3ccccc3-n3c4ccccc4n4c5ccccc5nc34)s2)cc1.